The van der Waals surface area contributed by atoms with Gasteiger partial charge in [-0.25, -0.2) is 8.42 Å². The van der Waals surface area contributed by atoms with Crippen molar-refractivity contribution in [3.05, 3.63) is 29.8 Å². The van der Waals surface area contributed by atoms with E-state index in [2.05, 4.69) is 26.1 Å². The Balaban J connectivity index is 2.99. The fourth-order valence-corrected chi connectivity index (χ4v) is 2.78. The van der Waals surface area contributed by atoms with Gasteiger partial charge in [0.25, 0.3) is 9.84 Å². The van der Waals surface area contributed by atoms with Crippen molar-refractivity contribution < 1.29 is 21.6 Å². The standard InChI is InChI=1S/C14H20F3NO2S/c1-13(2,3)12(18-4)9-10-5-7-11(8-6-10)21(19,20)14(15,16)17/h5-8,12,18H,9H2,1-4H3. The molecule has 0 radical (unpaired) electrons. The van der Waals surface area contributed by atoms with Crippen LogP contribution in [0.5, 0.6) is 0 Å². The van der Waals surface area contributed by atoms with Crippen LogP contribution in [0, 0.1) is 5.41 Å². The number of nitrogens with one attached hydrogen (secondary N) is 1. The van der Waals surface area contributed by atoms with Gasteiger partial charge in [-0.2, -0.15) is 13.2 Å². The number of halogens is 3. The zero-order valence-corrected chi connectivity index (χ0v) is 13.3. The Hall–Kier alpha value is -1.08. The molecule has 1 aromatic carbocycles. The van der Waals surface area contributed by atoms with Crippen molar-refractivity contribution in [2.75, 3.05) is 7.05 Å². The van der Waals surface area contributed by atoms with Crippen LogP contribution in [0.25, 0.3) is 0 Å². The molecule has 1 N–H and O–H groups in total. The maximum atomic E-state index is 12.4. The van der Waals surface area contributed by atoms with Crippen LogP contribution in [0.15, 0.2) is 29.2 Å². The van der Waals surface area contributed by atoms with Crippen LogP contribution < -0.4 is 5.32 Å². The predicted molar refractivity (Wildman–Crippen MR) is 75.7 cm³/mol. The van der Waals surface area contributed by atoms with E-state index < -0.39 is 20.2 Å². The molecule has 0 aliphatic rings. The first-order valence-electron chi connectivity index (χ1n) is 6.47. The molecule has 1 unspecified atom stereocenters. The van der Waals surface area contributed by atoms with E-state index in [-0.39, 0.29) is 11.5 Å². The van der Waals surface area contributed by atoms with E-state index >= 15 is 0 Å². The lowest BCUT2D eigenvalue weighted by molar-refractivity contribution is -0.0436. The molecule has 120 valence electrons. The largest absolute Gasteiger partial charge is 0.501 e. The van der Waals surface area contributed by atoms with Gasteiger partial charge in [0.05, 0.1) is 4.90 Å². The summed E-state index contributed by atoms with van der Waals surface area (Å²) in [5.41, 5.74) is -4.51. The Morgan fingerprint density at radius 2 is 1.57 bits per heavy atom. The number of benzene rings is 1. The van der Waals surface area contributed by atoms with E-state index in [9.17, 15) is 21.6 Å². The van der Waals surface area contributed by atoms with Gasteiger partial charge in [-0.3, -0.25) is 0 Å². The first-order valence-corrected chi connectivity index (χ1v) is 7.95. The van der Waals surface area contributed by atoms with Crippen molar-refractivity contribution in [1.82, 2.24) is 5.32 Å². The number of sulfone groups is 1. The molecule has 0 saturated heterocycles. The molecule has 0 fully saturated rings. The number of alkyl halides is 3. The SMILES string of the molecule is CNC(Cc1ccc(S(=O)(=O)C(F)(F)F)cc1)C(C)(C)C. The second kappa shape index (κ2) is 5.96. The van der Waals surface area contributed by atoms with Gasteiger partial charge >= 0.3 is 5.51 Å². The molecule has 0 bridgehead atoms. The summed E-state index contributed by atoms with van der Waals surface area (Å²) in [5.74, 6) is 0. The van der Waals surface area contributed by atoms with Crippen molar-refractivity contribution >= 4 is 9.84 Å². The van der Waals surface area contributed by atoms with Crippen LogP contribution in [0.2, 0.25) is 0 Å². The molecule has 0 spiro atoms. The Labute approximate surface area is 123 Å². The van der Waals surface area contributed by atoms with Gasteiger partial charge in [0.1, 0.15) is 0 Å². The minimum atomic E-state index is -5.27. The molecule has 3 nitrogen and oxygen atoms in total. The topological polar surface area (TPSA) is 46.2 Å². The molecule has 7 heteroatoms. The molecule has 21 heavy (non-hydrogen) atoms. The minimum absolute atomic E-state index is 0.0224. The molecule has 0 heterocycles. The summed E-state index contributed by atoms with van der Waals surface area (Å²) in [6, 6.07) is 4.99. The fraction of sp³-hybridized carbons (Fsp3) is 0.571. The van der Waals surface area contributed by atoms with Gasteiger partial charge in [-0.05, 0) is 36.6 Å². The summed E-state index contributed by atoms with van der Waals surface area (Å²) < 4.78 is 59.9. The molecule has 0 amide bonds. The summed E-state index contributed by atoms with van der Waals surface area (Å²) in [5, 5.41) is 3.16. The van der Waals surface area contributed by atoms with Crippen LogP contribution in [0.4, 0.5) is 13.2 Å². The van der Waals surface area contributed by atoms with E-state index in [0.29, 0.717) is 6.42 Å². The van der Waals surface area contributed by atoms with Crippen molar-refractivity contribution in [2.45, 2.75) is 43.6 Å². The Kier molecular flexibility index (Phi) is 5.10. The number of rotatable bonds is 4. The van der Waals surface area contributed by atoms with Crippen LogP contribution in [-0.2, 0) is 16.3 Å². The molecule has 0 aliphatic heterocycles. The highest BCUT2D eigenvalue weighted by Gasteiger charge is 2.46. The lowest BCUT2D eigenvalue weighted by Gasteiger charge is -2.30. The number of likely N-dealkylation sites (N-methyl/N-ethyl adjacent to an activating group) is 1. The van der Waals surface area contributed by atoms with Crippen molar-refractivity contribution in [2.24, 2.45) is 5.41 Å². The highest BCUT2D eigenvalue weighted by molar-refractivity contribution is 7.92. The highest BCUT2D eigenvalue weighted by atomic mass is 32.2. The summed E-state index contributed by atoms with van der Waals surface area (Å²) in [6.07, 6.45) is 0.604. The quantitative estimate of drug-likeness (QED) is 0.926. The molecular formula is C14H20F3NO2S. The zero-order valence-electron chi connectivity index (χ0n) is 12.5. The first kappa shape index (κ1) is 18.0. The fourth-order valence-electron chi connectivity index (χ4n) is 2.02. The Bertz CT molecular complexity index is 572. The van der Waals surface area contributed by atoms with Gasteiger partial charge in [-0.15, -0.1) is 0 Å². The van der Waals surface area contributed by atoms with E-state index in [1.807, 2.05) is 7.05 Å². The lowest BCUT2D eigenvalue weighted by Crippen LogP contribution is -2.39. The summed E-state index contributed by atoms with van der Waals surface area (Å²) in [6.45, 7) is 6.16. The molecular weight excluding hydrogens is 303 g/mol. The summed E-state index contributed by atoms with van der Waals surface area (Å²) >= 11 is 0. The monoisotopic (exact) mass is 323 g/mol. The van der Waals surface area contributed by atoms with Crippen LogP contribution >= 0.6 is 0 Å². The minimum Gasteiger partial charge on any atom is -0.316 e. The van der Waals surface area contributed by atoms with Crippen molar-refractivity contribution in [3.63, 3.8) is 0 Å². The maximum absolute atomic E-state index is 12.4. The van der Waals surface area contributed by atoms with Gasteiger partial charge in [0.15, 0.2) is 0 Å². The van der Waals surface area contributed by atoms with E-state index in [1.165, 1.54) is 12.1 Å². The molecule has 1 rings (SSSR count). The summed E-state index contributed by atoms with van der Waals surface area (Å²) in [4.78, 5) is -0.726. The third kappa shape index (κ3) is 4.20. The predicted octanol–water partition coefficient (Wildman–Crippen LogP) is 3.16. The lowest BCUT2D eigenvalue weighted by atomic mass is 9.83. The average Bonchev–Trinajstić information content (AvgIpc) is 2.33. The Morgan fingerprint density at radius 1 is 1.10 bits per heavy atom. The second-order valence-electron chi connectivity index (χ2n) is 6.00. The molecule has 1 atom stereocenters. The van der Waals surface area contributed by atoms with Gasteiger partial charge in [0, 0.05) is 6.04 Å². The van der Waals surface area contributed by atoms with Gasteiger partial charge in [0.2, 0.25) is 0 Å². The van der Waals surface area contributed by atoms with Crippen molar-refractivity contribution in [1.29, 1.82) is 0 Å². The van der Waals surface area contributed by atoms with Gasteiger partial charge in [-0.1, -0.05) is 32.9 Å². The highest BCUT2D eigenvalue weighted by Crippen LogP contribution is 2.30. The summed E-state index contributed by atoms with van der Waals surface area (Å²) in [7, 11) is -3.45. The normalized spacial score (nSPS) is 15.0. The van der Waals surface area contributed by atoms with Crippen LogP contribution in [-0.4, -0.2) is 27.0 Å². The third-order valence-electron chi connectivity index (χ3n) is 3.37. The van der Waals surface area contributed by atoms with Gasteiger partial charge < -0.3 is 5.32 Å². The molecule has 0 aromatic heterocycles. The average molecular weight is 323 g/mol. The first-order chi connectivity index (χ1) is 9.39. The molecule has 0 aliphatic carbocycles. The van der Waals surface area contributed by atoms with E-state index in [4.69, 9.17) is 0 Å². The number of hydrogen-bond acceptors (Lipinski definition) is 3. The van der Waals surface area contributed by atoms with E-state index in [1.54, 1.807) is 0 Å². The Morgan fingerprint density at radius 3 is 1.90 bits per heavy atom. The van der Waals surface area contributed by atoms with Crippen LogP contribution in [0.3, 0.4) is 0 Å². The third-order valence-corrected chi connectivity index (χ3v) is 4.87. The van der Waals surface area contributed by atoms with E-state index in [0.717, 1.165) is 17.7 Å². The smallest absolute Gasteiger partial charge is 0.316 e. The second-order valence-corrected chi connectivity index (χ2v) is 7.95. The molecule has 0 saturated carbocycles. The maximum Gasteiger partial charge on any atom is 0.501 e. The molecule has 1 aromatic rings. The zero-order chi connectivity index (χ0) is 16.5. The van der Waals surface area contributed by atoms with Crippen molar-refractivity contribution in [3.8, 4) is 0 Å². The van der Waals surface area contributed by atoms with Crippen LogP contribution in [0.1, 0.15) is 26.3 Å². The number of hydrogen-bond donors (Lipinski definition) is 1.